The van der Waals surface area contributed by atoms with Crippen LogP contribution in [-0.4, -0.2) is 15.3 Å². The largest absolute Gasteiger partial charge is 0.268 e. The van der Waals surface area contributed by atoms with Crippen LogP contribution in [0.5, 0.6) is 0 Å². The van der Waals surface area contributed by atoms with Gasteiger partial charge in [0.25, 0.3) is 5.56 Å². The van der Waals surface area contributed by atoms with E-state index in [4.69, 9.17) is 4.98 Å². The molecule has 4 rings (SSSR count). The lowest BCUT2D eigenvalue weighted by Gasteiger charge is -2.13. The summed E-state index contributed by atoms with van der Waals surface area (Å²) in [7, 11) is 0. The van der Waals surface area contributed by atoms with E-state index in [0.29, 0.717) is 5.39 Å². The van der Waals surface area contributed by atoms with Crippen LogP contribution in [0.15, 0.2) is 88.8 Å². The van der Waals surface area contributed by atoms with E-state index in [1.54, 1.807) is 16.3 Å². The molecular weight excluding hydrogens is 352 g/mol. The molecule has 0 aliphatic heterocycles. The van der Waals surface area contributed by atoms with E-state index in [9.17, 15) is 4.79 Å². The summed E-state index contributed by atoms with van der Waals surface area (Å²) < 4.78 is 1.74. The van der Waals surface area contributed by atoms with Crippen molar-refractivity contribution in [2.24, 2.45) is 0 Å². The van der Waals surface area contributed by atoms with E-state index in [0.717, 1.165) is 34.1 Å². The molecule has 0 radical (unpaired) electrons. The van der Waals surface area contributed by atoms with Crippen LogP contribution in [0.2, 0.25) is 0 Å². The third-order valence-electron chi connectivity index (χ3n) is 4.47. The summed E-state index contributed by atoms with van der Waals surface area (Å²) in [4.78, 5) is 18.0. The Morgan fingerprint density at radius 2 is 1.70 bits per heavy atom. The highest BCUT2D eigenvalue weighted by Gasteiger charge is 2.13. The highest BCUT2D eigenvalue weighted by molar-refractivity contribution is 7.99. The summed E-state index contributed by atoms with van der Waals surface area (Å²) >= 11 is 1.62. The van der Waals surface area contributed by atoms with Crippen molar-refractivity contribution in [3.63, 3.8) is 0 Å². The maximum Gasteiger partial charge on any atom is 0.266 e. The van der Waals surface area contributed by atoms with Crippen molar-refractivity contribution in [1.29, 1.82) is 0 Å². The number of hydrogen-bond acceptors (Lipinski definition) is 3. The number of thioether (sulfide) groups is 1. The number of nitrogens with zero attached hydrogens (tertiary/aromatic N) is 2. The molecule has 0 amide bonds. The summed E-state index contributed by atoms with van der Waals surface area (Å²) in [6.45, 7) is 2.03. The van der Waals surface area contributed by atoms with Crippen molar-refractivity contribution >= 4 is 22.7 Å². The number of para-hydroxylation sites is 1. The number of hydrogen-bond donors (Lipinski definition) is 0. The van der Waals surface area contributed by atoms with E-state index in [-0.39, 0.29) is 5.56 Å². The van der Waals surface area contributed by atoms with Crippen LogP contribution < -0.4 is 5.56 Å². The lowest BCUT2D eigenvalue weighted by atomic mass is 10.2. The second-order valence-corrected chi connectivity index (χ2v) is 7.54. The minimum absolute atomic E-state index is 0.0200. The van der Waals surface area contributed by atoms with Crippen molar-refractivity contribution in [2.45, 2.75) is 18.5 Å². The standard InChI is InChI=1S/C23H20N2OS/c1-17-8-7-11-19(16-17)25-22(26)20-12-5-6-13-21(20)24-23(25)27-15-14-18-9-3-2-4-10-18/h2-13,16H,14-15H2,1H3. The van der Waals surface area contributed by atoms with Crippen molar-refractivity contribution in [2.75, 3.05) is 5.75 Å². The molecule has 0 saturated heterocycles. The molecule has 0 N–H and O–H groups in total. The SMILES string of the molecule is Cc1cccc(-n2c(SCCc3ccccc3)nc3ccccc3c2=O)c1. The highest BCUT2D eigenvalue weighted by Crippen LogP contribution is 2.22. The Balaban J connectivity index is 1.75. The van der Waals surface area contributed by atoms with Crippen molar-refractivity contribution in [3.05, 3.63) is 100 Å². The van der Waals surface area contributed by atoms with Gasteiger partial charge in [0.1, 0.15) is 0 Å². The van der Waals surface area contributed by atoms with Gasteiger partial charge in [-0.2, -0.15) is 0 Å². The van der Waals surface area contributed by atoms with Crippen molar-refractivity contribution < 1.29 is 0 Å². The third kappa shape index (κ3) is 3.81. The minimum Gasteiger partial charge on any atom is -0.268 e. The third-order valence-corrected chi connectivity index (χ3v) is 5.41. The summed E-state index contributed by atoms with van der Waals surface area (Å²) in [5.74, 6) is 0.862. The summed E-state index contributed by atoms with van der Waals surface area (Å²) in [5, 5.41) is 1.38. The maximum atomic E-state index is 13.2. The molecule has 0 spiro atoms. The Hall–Kier alpha value is -2.85. The van der Waals surface area contributed by atoms with E-state index >= 15 is 0 Å². The van der Waals surface area contributed by atoms with Crippen LogP contribution in [0.4, 0.5) is 0 Å². The molecule has 1 heterocycles. The number of benzene rings is 3. The van der Waals surface area contributed by atoms with Gasteiger partial charge in [0.05, 0.1) is 16.6 Å². The lowest BCUT2D eigenvalue weighted by Crippen LogP contribution is -2.22. The predicted molar refractivity (Wildman–Crippen MR) is 113 cm³/mol. The van der Waals surface area contributed by atoms with Crippen molar-refractivity contribution in [1.82, 2.24) is 9.55 Å². The Labute approximate surface area is 162 Å². The lowest BCUT2D eigenvalue weighted by molar-refractivity contribution is 0.818. The van der Waals surface area contributed by atoms with E-state index in [1.165, 1.54) is 5.56 Å². The molecule has 3 aromatic carbocycles. The predicted octanol–water partition coefficient (Wildman–Crippen LogP) is 5.03. The smallest absolute Gasteiger partial charge is 0.266 e. The van der Waals surface area contributed by atoms with Crippen LogP contribution in [0.3, 0.4) is 0 Å². The fourth-order valence-corrected chi connectivity index (χ4v) is 4.11. The molecule has 27 heavy (non-hydrogen) atoms. The monoisotopic (exact) mass is 372 g/mol. The summed E-state index contributed by atoms with van der Waals surface area (Å²) in [6.07, 6.45) is 0.933. The molecule has 0 aliphatic carbocycles. The van der Waals surface area contributed by atoms with Gasteiger partial charge in [-0.05, 0) is 48.7 Å². The van der Waals surface area contributed by atoms with Crippen LogP contribution in [0.25, 0.3) is 16.6 Å². The maximum absolute atomic E-state index is 13.2. The average molecular weight is 372 g/mol. The molecule has 0 saturated carbocycles. The van der Waals surface area contributed by atoms with Gasteiger partial charge < -0.3 is 0 Å². The normalized spacial score (nSPS) is 11.0. The summed E-state index contributed by atoms with van der Waals surface area (Å²) in [5.41, 5.74) is 3.99. The van der Waals surface area contributed by atoms with Gasteiger partial charge in [-0.25, -0.2) is 4.98 Å². The van der Waals surface area contributed by atoms with Crippen LogP contribution in [0, 0.1) is 6.92 Å². The fourth-order valence-electron chi connectivity index (χ4n) is 3.11. The molecule has 0 fully saturated rings. The minimum atomic E-state index is -0.0200. The second kappa shape index (κ2) is 7.80. The van der Waals surface area contributed by atoms with E-state index in [1.807, 2.05) is 61.5 Å². The molecule has 134 valence electrons. The second-order valence-electron chi connectivity index (χ2n) is 6.48. The quantitative estimate of drug-likeness (QED) is 0.364. The number of fused-ring (bicyclic) bond motifs is 1. The van der Waals surface area contributed by atoms with Gasteiger partial charge in [0.15, 0.2) is 5.16 Å². The Bertz CT molecular complexity index is 1140. The molecule has 0 aliphatic rings. The van der Waals surface area contributed by atoms with Gasteiger partial charge in [0, 0.05) is 5.75 Å². The highest BCUT2D eigenvalue weighted by atomic mass is 32.2. The first-order valence-corrected chi connectivity index (χ1v) is 9.96. The van der Waals surface area contributed by atoms with Crippen LogP contribution >= 0.6 is 11.8 Å². The van der Waals surface area contributed by atoms with Gasteiger partial charge >= 0.3 is 0 Å². The molecule has 0 bridgehead atoms. The molecule has 4 aromatic rings. The summed E-state index contributed by atoms with van der Waals surface area (Å²) in [6, 6.07) is 25.9. The molecule has 0 unspecified atom stereocenters. The molecular formula is C23H20N2OS. The zero-order valence-electron chi connectivity index (χ0n) is 15.1. The Morgan fingerprint density at radius 3 is 2.52 bits per heavy atom. The fraction of sp³-hybridized carbons (Fsp3) is 0.130. The van der Waals surface area contributed by atoms with E-state index in [2.05, 4.69) is 24.3 Å². The molecule has 3 nitrogen and oxygen atoms in total. The zero-order valence-corrected chi connectivity index (χ0v) is 15.9. The zero-order chi connectivity index (χ0) is 18.6. The Kier molecular flexibility index (Phi) is 5.07. The first-order valence-electron chi connectivity index (χ1n) is 8.98. The van der Waals surface area contributed by atoms with Gasteiger partial charge in [-0.15, -0.1) is 0 Å². The Morgan fingerprint density at radius 1 is 0.926 bits per heavy atom. The van der Waals surface area contributed by atoms with Gasteiger partial charge in [0.2, 0.25) is 0 Å². The topological polar surface area (TPSA) is 34.9 Å². The first-order chi connectivity index (χ1) is 13.2. The van der Waals surface area contributed by atoms with Crippen LogP contribution in [0.1, 0.15) is 11.1 Å². The molecule has 1 aromatic heterocycles. The van der Waals surface area contributed by atoms with E-state index < -0.39 is 0 Å². The van der Waals surface area contributed by atoms with Crippen LogP contribution in [-0.2, 0) is 6.42 Å². The first kappa shape index (κ1) is 17.6. The molecule has 4 heteroatoms. The van der Waals surface area contributed by atoms with Gasteiger partial charge in [-0.1, -0.05) is 66.4 Å². The number of rotatable bonds is 5. The number of aryl methyl sites for hydroxylation is 2. The molecule has 0 atom stereocenters. The average Bonchev–Trinajstić information content (AvgIpc) is 2.69. The van der Waals surface area contributed by atoms with Crippen molar-refractivity contribution in [3.8, 4) is 5.69 Å². The number of aromatic nitrogens is 2. The van der Waals surface area contributed by atoms with Gasteiger partial charge in [-0.3, -0.25) is 9.36 Å².